The summed E-state index contributed by atoms with van der Waals surface area (Å²) in [4.78, 5) is 0. The van der Waals surface area contributed by atoms with Crippen molar-refractivity contribution in [1.29, 1.82) is 0 Å². The number of hydrogen-bond acceptors (Lipinski definition) is 2. The maximum absolute atomic E-state index is 3.75. The van der Waals surface area contributed by atoms with E-state index in [1.54, 1.807) is 11.3 Å². The summed E-state index contributed by atoms with van der Waals surface area (Å²) in [5.74, 6) is 1.47. The first kappa shape index (κ1) is 14.3. The normalized spacial score (nSPS) is 22.7. The monoisotopic (exact) mass is 349 g/mol. The Labute approximate surface area is 133 Å². The summed E-state index contributed by atoms with van der Waals surface area (Å²) < 4.78 is 1.23. The Morgan fingerprint density at radius 3 is 2.80 bits per heavy atom. The zero-order valence-electron chi connectivity index (χ0n) is 11.7. The second-order valence-electron chi connectivity index (χ2n) is 5.53. The van der Waals surface area contributed by atoms with Crippen LogP contribution in [0.3, 0.4) is 0 Å². The Morgan fingerprint density at radius 2 is 2.15 bits per heavy atom. The van der Waals surface area contributed by atoms with Crippen LogP contribution >= 0.6 is 27.3 Å². The van der Waals surface area contributed by atoms with Gasteiger partial charge in [0.05, 0.1) is 3.79 Å². The molecule has 1 saturated carbocycles. The highest BCUT2D eigenvalue weighted by Crippen LogP contribution is 2.54. The lowest BCUT2D eigenvalue weighted by atomic mass is 10.0. The molecule has 20 heavy (non-hydrogen) atoms. The van der Waals surface area contributed by atoms with Crippen molar-refractivity contribution < 1.29 is 0 Å². The van der Waals surface area contributed by atoms with Gasteiger partial charge >= 0.3 is 0 Å². The summed E-state index contributed by atoms with van der Waals surface area (Å²) in [6.45, 7) is 3.32. The van der Waals surface area contributed by atoms with E-state index < -0.39 is 0 Å². The molecule has 3 rings (SSSR count). The van der Waals surface area contributed by atoms with Gasteiger partial charge in [0.1, 0.15) is 0 Å². The van der Waals surface area contributed by atoms with E-state index in [2.05, 4.69) is 69.9 Å². The van der Waals surface area contributed by atoms with Gasteiger partial charge < -0.3 is 5.32 Å². The van der Waals surface area contributed by atoms with Gasteiger partial charge in [-0.25, -0.2) is 0 Å². The highest BCUT2D eigenvalue weighted by molar-refractivity contribution is 9.11. The van der Waals surface area contributed by atoms with Crippen LogP contribution in [0.4, 0.5) is 0 Å². The van der Waals surface area contributed by atoms with Crippen molar-refractivity contribution in [2.75, 3.05) is 6.54 Å². The molecule has 1 heterocycles. The Hall–Kier alpha value is -0.640. The predicted molar refractivity (Wildman–Crippen MR) is 90.3 cm³/mol. The molecule has 0 saturated heterocycles. The minimum absolute atomic E-state index is 0.503. The molecule has 1 aromatic heterocycles. The van der Waals surface area contributed by atoms with Crippen molar-refractivity contribution in [2.45, 2.75) is 31.7 Å². The Kier molecular flexibility index (Phi) is 4.59. The summed E-state index contributed by atoms with van der Waals surface area (Å²) in [5, 5.41) is 6.04. The predicted octanol–water partition coefficient (Wildman–Crippen LogP) is 5.36. The van der Waals surface area contributed by atoms with Crippen LogP contribution in [0.5, 0.6) is 0 Å². The molecular weight excluding hydrogens is 330 g/mol. The number of nitrogens with one attached hydrogen (secondary N) is 1. The molecular formula is C17H20BrNS. The highest BCUT2D eigenvalue weighted by Gasteiger charge is 2.44. The largest absolute Gasteiger partial charge is 0.310 e. The first-order valence-corrected chi connectivity index (χ1v) is 8.99. The van der Waals surface area contributed by atoms with Crippen molar-refractivity contribution >= 4 is 27.3 Å². The number of thiophene rings is 1. The zero-order valence-corrected chi connectivity index (χ0v) is 14.1. The van der Waals surface area contributed by atoms with Crippen molar-refractivity contribution in [1.82, 2.24) is 5.32 Å². The van der Waals surface area contributed by atoms with Gasteiger partial charge in [0.2, 0.25) is 0 Å². The number of benzene rings is 1. The molecule has 2 aromatic rings. The van der Waals surface area contributed by atoms with Gasteiger partial charge in [-0.15, -0.1) is 11.3 Å². The van der Waals surface area contributed by atoms with Gasteiger partial charge in [-0.2, -0.15) is 0 Å². The maximum atomic E-state index is 3.75. The second-order valence-corrected chi connectivity index (χ2v) is 7.82. The third-order valence-corrected chi connectivity index (χ3v) is 5.58. The molecule has 1 aliphatic carbocycles. The van der Waals surface area contributed by atoms with Crippen LogP contribution in [0, 0.1) is 5.92 Å². The minimum atomic E-state index is 0.503. The van der Waals surface area contributed by atoms with Crippen LogP contribution in [0.25, 0.3) is 0 Å². The van der Waals surface area contributed by atoms with E-state index in [0.717, 1.165) is 18.4 Å². The molecule has 0 aliphatic heterocycles. The second kappa shape index (κ2) is 6.42. The maximum Gasteiger partial charge on any atom is 0.0701 e. The molecule has 1 aromatic carbocycles. The topological polar surface area (TPSA) is 12.0 Å². The fourth-order valence-corrected chi connectivity index (χ4v) is 4.18. The molecule has 1 aliphatic rings. The smallest absolute Gasteiger partial charge is 0.0701 e. The van der Waals surface area contributed by atoms with Crippen LogP contribution in [-0.2, 0) is 0 Å². The van der Waals surface area contributed by atoms with E-state index in [0.29, 0.717) is 6.04 Å². The van der Waals surface area contributed by atoms with Crippen molar-refractivity contribution in [3.8, 4) is 0 Å². The average Bonchev–Trinajstić information content (AvgIpc) is 3.15. The molecule has 3 atom stereocenters. The summed E-state index contributed by atoms with van der Waals surface area (Å²) >= 11 is 5.37. The Morgan fingerprint density at radius 1 is 1.35 bits per heavy atom. The van der Waals surface area contributed by atoms with E-state index in [-0.39, 0.29) is 0 Å². The van der Waals surface area contributed by atoms with E-state index >= 15 is 0 Å². The molecule has 106 valence electrons. The number of rotatable bonds is 6. The van der Waals surface area contributed by atoms with Crippen LogP contribution in [-0.4, -0.2) is 6.54 Å². The van der Waals surface area contributed by atoms with E-state index in [1.165, 1.54) is 27.8 Å². The SMILES string of the molecule is CCCNC(c1csc(Br)c1)C1CC1c1ccccc1. The molecule has 1 nitrogen and oxygen atoms in total. The molecule has 0 radical (unpaired) electrons. The van der Waals surface area contributed by atoms with Crippen LogP contribution in [0.2, 0.25) is 0 Å². The van der Waals surface area contributed by atoms with Gasteiger partial charge in [0, 0.05) is 6.04 Å². The van der Waals surface area contributed by atoms with Gasteiger partial charge in [0.25, 0.3) is 0 Å². The lowest BCUT2D eigenvalue weighted by molar-refractivity contribution is 0.474. The standard InChI is InChI=1S/C17H20BrNS/c1-2-8-19-17(13-9-16(18)20-11-13)15-10-14(15)12-6-4-3-5-7-12/h3-7,9,11,14-15,17,19H,2,8,10H2,1H3. The molecule has 3 unspecified atom stereocenters. The minimum Gasteiger partial charge on any atom is -0.310 e. The summed E-state index contributed by atoms with van der Waals surface area (Å²) in [6, 6.07) is 13.7. The van der Waals surface area contributed by atoms with Crippen molar-refractivity contribution in [3.63, 3.8) is 0 Å². The summed E-state index contributed by atoms with van der Waals surface area (Å²) in [7, 11) is 0. The van der Waals surface area contributed by atoms with Crippen LogP contribution in [0.1, 0.15) is 42.9 Å². The fraction of sp³-hybridized carbons (Fsp3) is 0.412. The van der Waals surface area contributed by atoms with E-state index in [1.807, 2.05) is 0 Å². The van der Waals surface area contributed by atoms with Gasteiger partial charge in [-0.1, -0.05) is 37.3 Å². The van der Waals surface area contributed by atoms with Gasteiger partial charge in [-0.3, -0.25) is 0 Å². The molecule has 3 heteroatoms. The molecule has 0 spiro atoms. The van der Waals surface area contributed by atoms with E-state index in [9.17, 15) is 0 Å². The van der Waals surface area contributed by atoms with Gasteiger partial charge in [-0.05, 0) is 69.7 Å². The molecule has 0 amide bonds. The van der Waals surface area contributed by atoms with Crippen molar-refractivity contribution in [3.05, 3.63) is 56.7 Å². The number of halogens is 1. The zero-order chi connectivity index (χ0) is 13.9. The quantitative estimate of drug-likeness (QED) is 0.740. The Bertz CT molecular complexity index is 551. The lowest BCUT2D eigenvalue weighted by Crippen LogP contribution is -2.24. The van der Waals surface area contributed by atoms with E-state index in [4.69, 9.17) is 0 Å². The third kappa shape index (κ3) is 3.16. The van der Waals surface area contributed by atoms with Gasteiger partial charge in [0.15, 0.2) is 0 Å². The molecule has 1 fully saturated rings. The first-order chi connectivity index (χ1) is 9.79. The highest BCUT2D eigenvalue weighted by atomic mass is 79.9. The third-order valence-electron chi connectivity index (χ3n) is 4.06. The average molecular weight is 350 g/mol. The lowest BCUT2D eigenvalue weighted by Gasteiger charge is -2.18. The summed E-state index contributed by atoms with van der Waals surface area (Å²) in [5.41, 5.74) is 2.94. The molecule has 1 N–H and O–H groups in total. The summed E-state index contributed by atoms with van der Waals surface area (Å²) in [6.07, 6.45) is 2.49. The fourth-order valence-electron chi connectivity index (χ4n) is 2.97. The van der Waals surface area contributed by atoms with Crippen LogP contribution in [0.15, 0.2) is 45.6 Å². The van der Waals surface area contributed by atoms with Crippen molar-refractivity contribution in [2.24, 2.45) is 5.92 Å². The van der Waals surface area contributed by atoms with Crippen LogP contribution < -0.4 is 5.32 Å². The first-order valence-electron chi connectivity index (χ1n) is 7.32. The Balaban J connectivity index is 1.74. The number of hydrogen-bond donors (Lipinski definition) is 1. The molecule has 0 bridgehead atoms.